The van der Waals surface area contributed by atoms with E-state index in [1.165, 1.54) is 5.57 Å². The quantitative estimate of drug-likeness (QED) is 0.519. The van der Waals surface area contributed by atoms with Gasteiger partial charge in [0.1, 0.15) is 0 Å². The zero-order valence-corrected chi connectivity index (χ0v) is 11.5. The largest absolute Gasteiger partial charge is 0.383 e. The van der Waals surface area contributed by atoms with Crippen LogP contribution in [-0.4, -0.2) is 45.1 Å². The van der Waals surface area contributed by atoms with Crippen LogP contribution in [0.1, 0.15) is 20.3 Å². The van der Waals surface area contributed by atoms with Gasteiger partial charge in [-0.05, 0) is 20.3 Å². The van der Waals surface area contributed by atoms with Crippen LogP contribution in [0, 0.1) is 5.92 Å². The second-order valence-corrected chi connectivity index (χ2v) is 4.43. The number of ether oxygens (including phenoxy) is 1. The van der Waals surface area contributed by atoms with Gasteiger partial charge in [0.15, 0.2) is 0 Å². The van der Waals surface area contributed by atoms with Crippen LogP contribution in [0.2, 0.25) is 0 Å². The van der Waals surface area contributed by atoms with Crippen LogP contribution in [0.15, 0.2) is 16.6 Å². The number of allylic oxidation sites excluding steroid dienone is 1. The van der Waals surface area contributed by atoms with Gasteiger partial charge < -0.3 is 15.4 Å². The summed E-state index contributed by atoms with van der Waals surface area (Å²) in [7, 11) is 1.69. The van der Waals surface area contributed by atoms with Crippen LogP contribution in [0.4, 0.5) is 0 Å². The van der Waals surface area contributed by atoms with E-state index < -0.39 is 0 Å². The Morgan fingerprint density at radius 1 is 1.67 bits per heavy atom. The Morgan fingerprint density at radius 2 is 2.44 bits per heavy atom. The van der Waals surface area contributed by atoms with Crippen molar-refractivity contribution in [2.45, 2.75) is 20.3 Å². The number of rotatable bonds is 7. The normalized spacial score (nSPS) is 20.6. The first-order valence-corrected chi connectivity index (χ1v) is 6.33. The van der Waals surface area contributed by atoms with E-state index in [0.717, 1.165) is 25.3 Å². The number of nitrogens with zero attached hydrogens (tertiary/aromatic N) is 1. The fourth-order valence-electron chi connectivity index (χ4n) is 1.84. The van der Waals surface area contributed by atoms with E-state index in [1.807, 2.05) is 13.8 Å². The number of aliphatic imine (C=N–C) groups is 1. The lowest BCUT2D eigenvalue weighted by molar-refractivity contribution is -0.123. The molecule has 1 atom stereocenters. The topological polar surface area (TPSA) is 62.7 Å². The molecule has 1 aliphatic rings. The van der Waals surface area contributed by atoms with Crippen LogP contribution in [0.25, 0.3) is 0 Å². The molecule has 102 valence electrons. The van der Waals surface area contributed by atoms with E-state index in [-0.39, 0.29) is 11.8 Å². The molecule has 0 saturated heterocycles. The third-order valence-corrected chi connectivity index (χ3v) is 2.98. The minimum Gasteiger partial charge on any atom is -0.383 e. The molecule has 0 aromatic carbocycles. The third kappa shape index (κ3) is 4.98. The molecule has 0 aromatic heterocycles. The number of carbonyl (C=O) groups is 1. The molecule has 0 saturated carbocycles. The first kappa shape index (κ1) is 14.9. The molecule has 0 aromatic rings. The maximum absolute atomic E-state index is 11.8. The van der Waals surface area contributed by atoms with Crippen LogP contribution in [-0.2, 0) is 9.53 Å². The Kier molecular flexibility index (Phi) is 6.60. The summed E-state index contributed by atoms with van der Waals surface area (Å²) in [6.45, 7) is 6.73. The Bertz CT molecular complexity index is 337. The van der Waals surface area contributed by atoms with E-state index in [1.54, 1.807) is 7.11 Å². The maximum atomic E-state index is 11.8. The monoisotopic (exact) mass is 253 g/mol. The maximum Gasteiger partial charge on any atom is 0.230 e. The lowest BCUT2D eigenvalue weighted by Crippen LogP contribution is -2.40. The van der Waals surface area contributed by atoms with Crippen molar-refractivity contribution in [3.05, 3.63) is 11.6 Å². The Balaban J connectivity index is 2.37. The molecule has 0 aliphatic carbocycles. The molecule has 2 N–H and O–H groups in total. The molecule has 5 nitrogen and oxygen atoms in total. The summed E-state index contributed by atoms with van der Waals surface area (Å²) in [6.07, 6.45) is 2.83. The summed E-state index contributed by atoms with van der Waals surface area (Å²) in [5.74, 6) is 0.763. The van der Waals surface area contributed by atoms with E-state index in [4.69, 9.17) is 4.74 Å². The standard InChI is InChI=1S/C13H23N3O2/c1-4-11(8-14-5-6-18-3)7-12-9-15-10(2)16-13(12)17/h4,12,14H,5-9H2,1-3H3,(H,15,16,17)/b11-4+. The minimum absolute atomic E-state index is 0.0378. The van der Waals surface area contributed by atoms with Gasteiger partial charge in [-0.15, -0.1) is 0 Å². The Labute approximate surface area is 109 Å². The number of hydrogen-bond acceptors (Lipinski definition) is 4. The van der Waals surface area contributed by atoms with Crippen molar-refractivity contribution in [1.82, 2.24) is 10.6 Å². The summed E-state index contributed by atoms with van der Waals surface area (Å²) >= 11 is 0. The number of hydrogen-bond donors (Lipinski definition) is 2. The van der Waals surface area contributed by atoms with E-state index in [2.05, 4.69) is 21.7 Å². The van der Waals surface area contributed by atoms with Crippen molar-refractivity contribution >= 4 is 11.7 Å². The molecule has 1 heterocycles. The molecule has 1 unspecified atom stereocenters. The van der Waals surface area contributed by atoms with Gasteiger partial charge in [0.2, 0.25) is 5.91 Å². The van der Waals surface area contributed by atoms with E-state index in [0.29, 0.717) is 13.2 Å². The van der Waals surface area contributed by atoms with Gasteiger partial charge in [-0.3, -0.25) is 9.79 Å². The minimum atomic E-state index is -0.0378. The molecule has 1 rings (SSSR count). The summed E-state index contributed by atoms with van der Waals surface area (Å²) < 4.78 is 4.97. The van der Waals surface area contributed by atoms with Crippen molar-refractivity contribution in [3.8, 4) is 0 Å². The van der Waals surface area contributed by atoms with Gasteiger partial charge in [-0.2, -0.15) is 0 Å². The highest BCUT2D eigenvalue weighted by Gasteiger charge is 2.23. The number of carbonyl (C=O) groups excluding carboxylic acids is 1. The highest BCUT2D eigenvalue weighted by Crippen LogP contribution is 2.14. The number of amidine groups is 1. The molecule has 1 amide bonds. The average Bonchev–Trinajstić information content (AvgIpc) is 2.35. The molecular weight excluding hydrogens is 230 g/mol. The number of nitrogens with one attached hydrogen (secondary N) is 2. The van der Waals surface area contributed by atoms with E-state index in [9.17, 15) is 4.79 Å². The van der Waals surface area contributed by atoms with Gasteiger partial charge in [0, 0.05) is 20.2 Å². The first-order chi connectivity index (χ1) is 8.67. The second-order valence-electron chi connectivity index (χ2n) is 4.43. The highest BCUT2D eigenvalue weighted by atomic mass is 16.5. The zero-order valence-electron chi connectivity index (χ0n) is 11.5. The van der Waals surface area contributed by atoms with Crippen molar-refractivity contribution in [3.63, 3.8) is 0 Å². The van der Waals surface area contributed by atoms with Gasteiger partial charge in [-0.25, -0.2) is 0 Å². The molecule has 1 aliphatic heterocycles. The number of amides is 1. The molecule has 0 spiro atoms. The van der Waals surface area contributed by atoms with Gasteiger partial charge in [0.25, 0.3) is 0 Å². The summed E-state index contributed by atoms with van der Waals surface area (Å²) in [5.41, 5.74) is 1.24. The molecule has 18 heavy (non-hydrogen) atoms. The van der Waals surface area contributed by atoms with E-state index >= 15 is 0 Å². The van der Waals surface area contributed by atoms with Crippen molar-refractivity contribution in [1.29, 1.82) is 0 Å². The molecular formula is C13H23N3O2. The fourth-order valence-corrected chi connectivity index (χ4v) is 1.84. The van der Waals surface area contributed by atoms with Crippen molar-refractivity contribution < 1.29 is 9.53 Å². The second kappa shape index (κ2) is 8.00. The SMILES string of the molecule is C/C=C(/CNCCOC)CC1CN=C(C)NC1=O. The van der Waals surface area contributed by atoms with Crippen molar-refractivity contribution in [2.75, 3.05) is 33.4 Å². The summed E-state index contributed by atoms with van der Waals surface area (Å²) in [4.78, 5) is 16.0. The predicted octanol–water partition coefficient (Wildman–Crippen LogP) is 0.723. The van der Waals surface area contributed by atoms with Crippen LogP contribution in [0.5, 0.6) is 0 Å². The highest BCUT2D eigenvalue weighted by molar-refractivity contribution is 5.99. The number of methoxy groups -OCH3 is 1. The molecule has 0 radical (unpaired) electrons. The molecule has 0 fully saturated rings. The van der Waals surface area contributed by atoms with Gasteiger partial charge in [0.05, 0.1) is 24.9 Å². The van der Waals surface area contributed by atoms with Crippen LogP contribution in [0.3, 0.4) is 0 Å². The molecule has 5 heteroatoms. The third-order valence-electron chi connectivity index (χ3n) is 2.98. The fraction of sp³-hybridized carbons (Fsp3) is 0.692. The Morgan fingerprint density at radius 3 is 3.06 bits per heavy atom. The molecule has 0 bridgehead atoms. The van der Waals surface area contributed by atoms with Gasteiger partial charge in [-0.1, -0.05) is 11.6 Å². The predicted molar refractivity (Wildman–Crippen MR) is 72.7 cm³/mol. The summed E-state index contributed by atoms with van der Waals surface area (Å²) in [6, 6.07) is 0. The zero-order chi connectivity index (χ0) is 13.4. The first-order valence-electron chi connectivity index (χ1n) is 6.33. The smallest absolute Gasteiger partial charge is 0.230 e. The van der Waals surface area contributed by atoms with Crippen LogP contribution < -0.4 is 10.6 Å². The summed E-state index contributed by atoms with van der Waals surface area (Å²) in [5, 5.41) is 6.07. The lowest BCUT2D eigenvalue weighted by Gasteiger charge is -2.21. The Hall–Kier alpha value is -1.20. The average molecular weight is 253 g/mol. The lowest BCUT2D eigenvalue weighted by atomic mass is 9.97. The van der Waals surface area contributed by atoms with Gasteiger partial charge >= 0.3 is 0 Å². The van der Waals surface area contributed by atoms with Crippen molar-refractivity contribution in [2.24, 2.45) is 10.9 Å². The van der Waals surface area contributed by atoms with Crippen LogP contribution >= 0.6 is 0 Å².